The molecule has 2 heterocycles. The maximum absolute atomic E-state index is 12.7. The van der Waals surface area contributed by atoms with Crippen LogP contribution in [0.4, 0.5) is 0 Å². The fourth-order valence-electron chi connectivity index (χ4n) is 2.68. The van der Waals surface area contributed by atoms with Crippen LogP contribution in [0.1, 0.15) is 40.3 Å². The van der Waals surface area contributed by atoms with Crippen molar-refractivity contribution >= 4 is 11.7 Å². The van der Waals surface area contributed by atoms with Crippen molar-refractivity contribution in [2.45, 2.75) is 32.9 Å². The molecule has 0 aliphatic heterocycles. The molecule has 5 heteroatoms. The molecule has 0 bridgehead atoms. The molecule has 0 aliphatic carbocycles. The van der Waals surface area contributed by atoms with Gasteiger partial charge in [0.1, 0.15) is 11.5 Å². The van der Waals surface area contributed by atoms with Gasteiger partial charge in [0, 0.05) is 18.4 Å². The fourth-order valence-corrected chi connectivity index (χ4v) is 2.68. The zero-order chi connectivity index (χ0) is 18.4. The highest BCUT2D eigenvalue weighted by Gasteiger charge is 2.18. The smallest absolute Gasteiger partial charge is 0.223 e. The Labute approximate surface area is 152 Å². The minimum Gasteiger partial charge on any atom is -0.467 e. The Balaban J connectivity index is 1.62. The number of aryl methyl sites for hydroxylation is 1. The molecule has 3 aromatic rings. The summed E-state index contributed by atoms with van der Waals surface area (Å²) in [4.78, 5) is 26.6. The van der Waals surface area contributed by atoms with Crippen molar-refractivity contribution in [2.24, 2.45) is 0 Å². The van der Waals surface area contributed by atoms with Gasteiger partial charge in [0.2, 0.25) is 5.91 Å². The number of rotatable bonds is 8. The van der Waals surface area contributed by atoms with Gasteiger partial charge in [-0.2, -0.15) is 0 Å². The standard InChI is InChI=1S/C21H21NO4/c1-16-6-8-17(9-7-16)20(23)10-11-21(24)22(14-18-4-2-12-25-18)15-19-5-3-13-26-19/h2-9,12-13H,10-11,14-15H2,1H3. The van der Waals surface area contributed by atoms with Gasteiger partial charge in [-0.1, -0.05) is 29.8 Å². The van der Waals surface area contributed by atoms with E-state index in [1.54, 1.807) is 41.7 Å². The monoisotopic (exact) mass is 351 g/mol. The lowest BCUT2D eigenvalue weighted by Crippen LogP contribution is -2.30. The second kappa shape index (κ2) is 8.34. The molecule has 0 fully saturated rings. The largest absolute Gasteiger partial charge is 0.467 e. The van der Waals surface area contributed by atoms with Crippen LogP contribution >= 0.6 is 0 Å². The third-order valence-corrected chi connectivity index (χ3v) is 4.15. The predicted molar refractivity (Wildman–Crippen MR) is 96.4 cm³/mol. The van der Waals surface area contributed by atoms with E-state index in [0.717, 1.165) is 5.56 Å². The van der Waals surface area contributed by atoms with Gasteiger partial charge < -0.3 is 13.7 Å². The Hall–Kier alpha value is -3.08. The first-order valence-electron chi connectivity index (χ1n) is 8.54. The number of carbonyl (C=O) groups is 2. The van der Waals surface area contributed by atoms with Gasteiger partial charge in [-0.05, 0) is 31.2 Å². The van der Waals surface area contributed by atoms with Crippen LogP contribution in [-0.4, -0.2) is 16.6 Å². The minimum absolute atomic E-state index is 0.0331. The molecule has 0 atom stereocenters. The molecule has 3 rings (SSSR count). The van der Waals surface area contributed by atoms with Gasteiger partial charge in [-0.15, -0.1) is 0 Å². The van der Waals surface area contributed by atoms with E-state index in [-0.39, 0.29) is 24.5 Å². The summed E-state index contributed by atoms with van der Waals surface area (Å²) in [6, 6.07) is 14.6. The average Bonchev–Trinajstić information content (AvgIpc) is 3.33. The molecule has 0 spiro atoms. The molecule has 0 unspecified atom stereocenters. The van der Waals surface area contributed by atoms with Gasteiger partial charge in [0.25, 0.3) is 0 Å². The molecule has 26 heavy (non-hydrogen) atoms. The van der Waals surface area contributed by atoms with Crippen LogP contribution < -0.4 is 0 Å². The molecule has 0 saturated heterocycles. The Bertz CT molecular complexity index is 797. The van der Waals surface area contributed by atoms with E-state index in [1.165, 1.54) is 0 Å². The number of amides is 1. The van der Waals surface area contributed by atoms with E-state index in [2.05, 4.69) is 0 Å². The first-order chi connectivity index (χ1) is 12.6. The Morgan fingerprint density at radius 1 is 0.846 bits per heavy atom. The molecule has 2 aromatic heterocycles. The second-order valence-corrected chi connectivity index (χ2v) is 6.20. The van der Waals surface area contributed by atoms with Crippen LogP contribution in [0.3, 0.4) is 0 Å². The van der Waals surface area contributed by atoms with Crippen molar-refractivity contribution in [1.29, 1.82) is 0 Å². The number of benzene rings is 1. The molecule has 5 nitrogen and oxygen atoms in total. The lowest BCUT2D eigenvalue weighted by atomic mass is 10.0. The molecule has 1 amide bonds. The summed E-state index contributed by atoms with van der Waals surface area (Å²) in [5, 5.41) is 0. The van der Waals surface area contributed by atoms with E-state index in [9.17, 15) is 9.59 Å². The van der Waals surface area contributed by atoms with E-state index in [4.69, 9.17) is 8.83 Å². The molecule has 134 valence electrons. The maximum atomic E-state index is 12.7. The Morgan fingerprint density at radius 3 is 1.92 bits per heavy atom. The number of carbonyl (C=O) groups excluding carboxylic acids is 2. The molecular weight excluding hydrogens is 330 g/mol. The lowest BCUT2D eigenvalue weighted by Gasteiger charge is -2.20. The zero-order valence-corrected chi connectivity index (χ0v) is 14.7. The summed E-state index contributed by atoms with van der Waals surface area (Å²) in [7, 11) is 0. The van der Waals surface area contributed by atoms with Gasteiger partial charge in [-0.3, -0.25) is 9.59 Å². The van der Waals surface area contributed by atoms with Gasteiger partial charge >= 0.3 is 0 Å². The van der Waals surface area contributed by atoms with E-state index in [0.29, 0.717) is 30.2 Å². The highest BCUT2D eigenvalue weighted by molar-refractivity contribution is 5.97. The number of ketones is 1. The molecular formula is C21H21NO4. The quantitative estimate of drug-likeness (QED) is 0.565. The summed E-state index contributed by atoms with van der Waals surface area (Å²) < 4.78 is 10.7. The van der Waals surface area contributed by atoms with E-state index >= 15 is 0 Å². The van der Waals surface area contributed by atoms with Crippen molar-refractivity contribution in [2.75, 3.05) is 0 Å². The fraction of sp³-hybridized carbons (Fsp3) is 0.238. The van der Waals surface area contributed by atoms with Crippen LogP contribution in [0.5, 0.6) is 0 Å². The number of furan rings is 2. The van der Waals surface area contributed by atoms with Gasteiger partial charge in [-0.25, -0.2) is 0 Å². The van der Waals surface area contributed by atoms with Crippen LogP contribution in [0.25, 0.3) is 0 Å². The van der Waals surface area contributed by atoms with E-state index in [1.807, 2.05) is 31.2 Å². The third-order valence-electron chi connectivity index (χ3n) is 4.15. The predicted octanol–water partition coefficient (Wildman–Crippen LogP) is 4.37. The highest BCUT2D eigenvalue weighted by Crippen LogP contribution is 2.14. The van der Waals surface area contributed by atoms with Crippen LogP contribution in [0.2, 0.25) is 0 Å². The minimum atomic E-state index is -0.113. The van der Waals surface area contributed by atoms with Crippen LogP contribution in [0, 0.1) is 6.92 Å². The lowest BCUT2D eigenvalue weighted by molar-refractivity contribution is -0.133. The third kappa shape index (κ3) is 4.72. The van der Waals surface area contributed by atoms with Gasteiger partial charge in [0.05, 0.1) is 25.6 Å². The molecule has 0 saturated carbocycles. The van der Waals surface area contributed by atoms with Crippen LogP contribution in [-0.2, 0) is 17.9 Å². The summed E-state index contributed by atoms with van der Waals surface area (Å²) in [5.41, 5.74) is 1.73. The topological polar surface area (TPSA) is 63.7 Å². The van der Waals surface area contributed by atoms with Crippen molar-refractivity contribution in [3.8, 4) is 0 Å². The average molecular weight is 351 g/mol. The number of hydrogen-bond donors (Lipinski definition) is 0. The number of hydrogen-bond acceptors (Lipinski definition) is 4. The Kier molecular flexibility index (Phi) is 5.69. The first kappa shape index (κ1) is 17.7. The highest BCUT2D eigenvalue weighted by atomic mass is 16.3. The summed E-state index contributed by atoms with van der Waals surface area (Å²) in [6.07, 6.45) is 3.47. The SMILES string of the molecule is Cc1ccc(C(=O)CCC(=O)N(Cc2ccco2)Cc2ccco2)cc1. The van der Waals surface area contributed by atoms with Crippen molar-refractivity contribution in [3.05, 3.63) is 83.7 Å². The number of Topliss-reactive ketones (excluding diaryl/α,β-unsaturated/α-hetero) is 1. The van der Waals surface area contributed by atoms with Crippen molar-refractivity contribution < 1.29 is 18.4 Å². The second-order valence-electron chi connectivity index (χ2n) is 6.20. The number of nitrogens with zero attached hydrogens (tertiary/aromatic N) is 1. The van der Waals surface area contributed by atoms with Crippen molar-refractivity contribution in [3.63, 3.8) is 0 Å². The summed E-state index contributed by atoms with van der Waals surface area (Å²) in [6.45, 7) is 2.65. The van der Waals surface area contributed by atoms with Crippen LogP contribution in [0.15, 0.2) is 69.9 Å². The van der Waals surface area contributed by atoms with E-state index < -0.39 is 0 Å². The zero-order valence-electron chi connectivity index (χ0n) is 14.7. The molecule has 0 aliphatic rings. The van der Waals surface area contributed by atoms with Crippen molar-refractivity contribution in [1.82, 2.24) is 4.90 Å². The molecule has 1 aromatic carbocycles. The summed E-state index contributed by atoms with van der Waals surface area (Å²) >= 11 is 0. The summed E-state index contributed by atoms with van der Waals surface area (Å²) in [5.74, 6) is 1.23. The normalized spacial score (nSPS) is 10.7. The molecule has 0 N–H and O–H groups in total. The maximum Gasteiger partial charge on any atom is 0.223 e. The molecule has 0 radical (unpaired) electrons. The first-order valence-corrected chi connectivity index (χ1v) is 8.54. The van der Waals surface area contributed by atoms with Gasteiger partial charge in [0.15, 0.2) is 5.78 Å². The Morgan fingerprint density at radius 2 is 1.42 bits per heavy atom.